The number of phenols is 1. The van der Waals surface area contributed by atoms with E-state index in [1.54, 1.807) is 24.3 Å². The van der Waals surface area contributed by atoms with E-state index in [1.165, 1.54) is 41.3 Å². The maximum atomic E-state index is 16.3. The maximum Gasteiger partial charge on any atom is 0.259 e. The molecule has 0 radical (unpaired) electrons. The standard InChI is InChI=1S/C36H30FN3O4/c1-36(2)18-28-32(31(42)19-36)34(26-16-15-25(17-27(26)37)44-21-23-7-4-3-5-8-23)40(29-9-6-10-30(41)33(29)39-28)35(43)24-13-11-22(20-38)12-14-24/h3-17,34,39,41H,18-19,21H2,1-2H3/t34-/m0/s1. The van der Waals surface area contributed by atoms with E-state index in [0.29, 0.717) is 23.4 Å². The number of fused-ring (bicyclic) bond motifs is 1. The number of carbonyl (C=O) groups is 2. The number of anilines is 2. The highest BCUT2D eigenvalue weighted by molar-refractivity contribution is 6.12. The zero-order chi connectivity index (χ0) is 31.0. The second-order valence-corrected chi connectivity index (χ2v) is 11.9. The predicted molar refractivity (Wildman–Crippen MR) is 165 cm³/mol. The van der Waals surface area contributed by atoms with E-state index >= 15 is 4.39 Å². The van der Waals surface area contributed by atoms with Gasteiger partial charge >= 0.3 is 0 Å². The second kappa shape index (κ2) is 11.3. The molecule has 1 aliphatic carbocycles. The third kappa shape index (κ3) is 5.40. The Kier molecular flexibility index (Phi) is 7.40. The van der Waals surface area contributed by atoms with Crippen LogP contribution in [0.25, 0.3) is 0 Å². The Hall–Kier alpha value is -5.42. The summed E-state index contributed by atoms with van der Waals surface area (Å²) in [4.78, 5) is 29.7. The number of phenolic OH excluding ortho intramolecular Hbond substituents is 1. The minimum absolute atomic E-state index is 0.109. The van der Waals surface area contributed by atoms with E-state index in [0.717, 1.165) is 5.56 Å². The molecule has 1 aliphatic heterocycles. The zero-order valence-corrected chi connectivity index (χ0v) is 24.3. The number of halogens is 1. The number of allylic oxidation sites excluding steroid dienone is 1. The molecule has 1 amide bonds. The third-order valence-electron chi connectivity index (χ3n) is 8.00. The van der Waals surface area contributed by atoms with Crippen LogP contribution >= 0.6 is 0 Å². The van der Waals surface area contributed by atoms with Crippen LogP contribution in [0.5, 0.6) is 11.5 Å². The van der Waals surface area contributed by atoms with E-state index in [1.807, 2.05) is 50.2 Å². The van der Waals surface area contributed by atoms with Crippen LogP contribution in [0.4, 0.5) is 15.8 Å². The Balaban J connectivity index is 1.52. The molecule has 0 spiro atoms. The van der Waals surface area contributed by atoms with Gasteiger partial charge in [0.1, 0.15) is 29.6 Å². The SMILES string of the molecule is CC1(C)CC(=O)C2=C(C1)Nc1c(O)cccc1N(C(=O)c1ccc(C#N)cc1)[C@H]2c1ccc(OCc2ccccc2)cc1F. The predicted octanol–water partition coefficient (Wildman–Crippen LogP) is 7.44. The smallest absolute Gasteiger partial charge is 0.259 e. The van der Waals surface area contributed by atoms with Crippen LogP contribution < -0.4 is 15.0 Å². The van der Waals surface area contributed by atoms with Gasteiger partial charge in [0.25, 0.3) is 5.91 Å². The van der Waals surface area contributed by atoms with Crippen molar-refractivity contribution in [1.82, 2.24) is 0 Å². The second-order valence-electron chi connectivity index (χ2n) is 11.9. The average Bonchev–Trinajstić information content (AvgIpc) is 3.15. The number of amides is 1. The van der Waals surface area contributed by atoms with E-state index in [-0.39, 0.29) is 52.6 Å². The quantitative estimate of drug-likeness (QED) is 0.235. The number of carbonyl (C=O) groups excluding carboxylic acids is 2. The van der Waals surface area contributed by atoms with Gasteiger partial charge in [-0.15, -0.1) is 0 Å². The van der Waals surface area contributed by atoms with Gasteiger partial charge in [0.2, 0.25) is 0 Å². The van der Waals surface area contributed by atoms with Gasteiger partial charge in [0.05, 0.1) is 23.4 Å². The first-order valence-electron chi connectivity index (χ1n) is 14.3. The number of nitriles is 1. The molecule has 0 bridgehead atoms. The van der Waals surface area contributed by atoms with Gasteiger partial charge in [-0.05, 0) is 65.9 Å². The van der Waals surface area contributed by atoms with Crippen LogP contribution in [0, 0.1) is 22.6 Å². The molecule has 0 saturated carbocycles. The lowest BCUT2D eigenvalue weighted by molar-refractivity contribution is -0.118. The Morgan fingerprint density at radius 1 is 1.05 bits per heavy atom. The van der Waals surface area contributed by atoms with Crippen molar-refractivity contribution in [3.8, 4) is 17.6 Å². The van der Waals surface area contributed by atoms with Gasteiger partial charge in [-0.25, -0.2) is 4.39 Å². The number of hydrogen-bond acceptors (Lipinski definition) is 6. The molecule has 4 aromatic rings. The molecule has 4 aromatic carbocycles. The van der Waals surface area contributed by atoms with Crippen LogP contribution in [-0.2, 0) is 11.4 Å². The lowest BCUT2D eigenvalue weighted by atomic mass is 9.73. The lowest BCUT2D eigenvalue weighted by Gasteiger charge is -2.37. The minimum atomic E-state index is -1.16. The molecule has 2 N–H and O–H groups in total. The summed E-state index contributed by atoms with van der Waals surface area (Å²) in [5.74, 6) is -1.21. The van der Waals surface area contributed by atoms with E-state index in [2.05, 4.69) is 5.32 Å². The molecular formula is C36H30FN3O4. The molecule has 44 heavy (non-hydrogen) atoms. The lowest BCUT2D eigenvalue weighted by Crippen LogP contribution is -2.40. The van der Waals surface area contributed by atoms with E-state index in [4.69, 9.17) is 4.74 Å². The number of rotatable bonds is 5. The number of ether oxygens (including phenoxy) is 1. The number of hydrogen-bond donors (Lipinski definition) is 2. The van der Waals surface area contributed by atoms with Crippen molar-refractivity contribution < 1.29 is 23.8 Å². The highest BCUT2D eigenvalue weighted by Gasteiger charge is 2.44. The summed E-state index contributed by atoms with van der Waals surface area (Å²) >= 11 is 0. The van der Waals surface area contributed by atoms with Crippen LogP contribution in [0.15, 0.2) is 102 Å². The molecule has 6 rings (SSSR count). The van der Waals surface area contributed by atoms with Gasteiger partial charge < -0.3 is 15.2 Å². The fourth-order valence-electron chi connectivity index (χ4n) is 5.95. The number of ketones is 1. The Morgan fingerprint density at radius 2 is 1.80 bits per heavy atom. The first kappa shape index (κ1) is 28.7. The molecule has 220 valence electrons. The van der Waals surface area contributed by atoms with E-state index < -0.39 is 23.2 Å². The van der Waals surface area contributed by atoms with Gasteiger partial charge in [-0.3, -0.25) is 14.5 Å². The van der Waals surface area contributed by atoms with Gasteiger partial charge in [-0.1, -0.05) is 50.2 Å². The topological polar surface area (TPSA) is 103 Å². The molecular weight excluding hydrogens is 557 g/mol. The molecule has 0 unspecified atom stereocenters. The monoisotopic (exact) mass is 587 g/mol. The molecule has 1 heterocycles. The first-order chi connectivity index (χ1) is 21.1. The first-order valence-corrected chi connectivity index (χ1v) is 14.3. The van der Waals surface area contributed by atoms with Crippen LogP contribution in [0.3, 0.4) is 0 Å². The highest BCUT2D eigenvalue weighted by atomic mass is 19.1. The molecule has 0 fully saturated rings. The summed E-state index contributed by atoms with van der Waals surface area (Å²) in [6, 6.07) is 25.7. The fourth-order valence-corrected chi connectivity index (χ4v) is 5.95. The number of aromatic hydroxyl groups is 1. The molecule has 1 atom stereocenters. The number of nitrogens with zero attached hydrogens (tertiary/aromatic N) is 2. The number of para-hydroxylation sites is 1. The largest absolute Gasteiger partial charge is 0.506 e. The van der Waals surface area contributed by atoms with Gasteiger partial charge in [-0.2, -0.15) is 5.26 Å². The molecule has 0 aromatic heterocycles. The summed E-state index contributed by atoms with van der Waals surface area (Å²) < 4.78 is 22.1. The maximum absolute atomic E-state index is 16.3. The molecule has 7 nitrogen and oxygen atoms in total. The van der Waals surface area contributed by atoms with Crippen LogP contribution in [0.2, 0.25) is 0 Å². The Labute approximate surface area is 254 Å². The van der Waals surface area contributed by atoms with Crippen molar-refractivity contribution in [1.29, 1.82) is 5.26 Å². The van der Waals surface area contributed by atoms with Crippen molar-refractivity contribution in [3.05, 3.63) is 130 Å². The fraction of sp³-hybridized carbons (Fsp3) is 0.194. The van der Waals surface area contributed by atoms with E-state index in [9.17, 15) is 20.0 Å². The van der Waals surface area contributed by atoms with Crippen LogP contribution in [-0.4, -0.2) is 16.8 Å². The zero-order valence-electron chi connectivity index (χ0n) is 24.3. The van der Waals surface area contributed by atoms with Gasteiger partial charge in [0, 0.05) is 34.9 Å². The van der Waals surface area contributed by atoms with Crippen molar-refractivity contribution >= 4 is 23.1 Å². The summed E-state index contributed by atoms with van der Waals surface area (Å²) in [7, 11) is 0. The molecule has 2 aliphatic rings. The summed E-state index contributed by atoms with van der Waals surface area (Å²) in [6.07, 6.45) is 0.641. The summed E-state index contributed by atoms with van der Waals surface area (Å²) in [5.41, 5.74) is 2.56. The Bertz CT molecular complexity index is 1840. The summed E-state index contributed by atoms with van der Waals surface area (Å²) in [6.45, 7) is 4.19. The average molecular weight is 588 g/mol. The van der Waals surface area contributed by atoms with Crippen molar-refractivity contribution in [3.63, 3.8) is 0 Å². The van der Waals surface area contributed by atoms with Crippen LogP contribution in [0.1, 0.15) is 59.8 Å². The molecule has 0 saturated heterocycles. The number of nitrogens with one attached hydrogen (secondary N) is 1. The summed E-state index contributed by atoms with van der Waals surface area (Å²) in [5, 5.41) is 23.5. The van der Waals surface area contributed by atoms with Gasteiger partial charge in [0.15, 0.2) is 5.78 Å². The van der Waals surface area contributed by atoms with Crippen molar-refractivity contribution in [2.75, 3.05) is 10.2 Å². The number of Topliss-reactive ketones (excluding diaryl/α,β-unsaturated/α-hetero) is 1. The number of benzene rings is 4. The molecule has 8 heteroatoms. The third-order valence-corrected chi connectivity index (χ3v) is 8.00. The highest BCUT2D eigenvalue weighted by Crippen LogP contribution is 2.51. The van der Waals surface area contributed by atoms with Crippen molar-refractivity contribution in [2.24, 2.45) is 5.41 Å². The Morgan fingerprint density at radius 3 is 2.50 bits per heavy atom. The van der Waals surface area contributed by atoms with Crippen molar-refractivity contribution in [2.45, 2.75) is 39.3 Å². The minimum Gasteiger partial charge on any atom is -0.506 e. The normalized spacial score (nSPS) is 17.1.